The zero-order chi connectivity index (χ0) is 21.7. The number of pyridine rings is 1. The molecule has 1 aromatic carbocycles. The first-order valence-corrected chi connectivity index (χ1v) is 9.91. The van der Waals surface area contributed by atoms with Crippen molar-refractivity contribution in [1.82, 2.24) is 19.8 Å². The number of piperidine rings is 1. The van der Waals surface area contributed by atoms with Crippen molar-refractivity contribution in [3.05, 3.63) is 59.4 Å². The summed E-state index contributed by atoms with van der Waals surface area (Å²) in [4.78, 5) is 54.8. The highest BCUT2D eigenvalue weighted by Crippen LogP contribution is 2.29. The van der Waals surface area contributed by atoms with Crippen LogP contribution in [0.2, 0.25) is 0 Å². The maximum absolute atomic E-state index is 12.8. The molecular formula is C22H19N5O4. The SMILES string of the molecule is Cn1ccc2cc(C(=O)Nc3ccc4c(c3)CN(C3CCC(=O)NC3=O)C4=O)cnc21. The summed E-state index contributed by atoms with van der Waals surface area (Å²) < 4.78 is 1.88. The number of carbonyl (C=O) groups excluding carboxylic acids is 4. The van der Waals surface area contributed by atoms with Crippen LogP contribution in [0.25, 0.3) is 11.0 Å². The van der Waals surface area contributed by atoms with Gasteiger partial charge in [-0.2, -0.15) is 0 Å². The molecule has 3 aromatic rings. The normalized spacial score (nSPS) is 18.3. The van der Waals surface area contributed by atoms with E-state index >= 15 is 0 Å². The predicted octanol–water partition coefficient (Wildman–Crippen LogP) is 1.59. The van der Waals surface area contributed by atoms with Gasteiger partial charge < -0.3 is 14.8 Å². The lowest BCUT2D eigenvalue weighted by molar-refractivity contribution is -0.136. The molecule has 4 amide bonds. The van der Waals surface area contributed by atoms with Crippen molar-refractivity contribution in [3.8, 4) is 0 Å². The van der Waals surface area contributed by atoms with Gasteiger partial charge in [0, 0.05) is 49.0 Å². The second kappa shape index (κ2) is 7.05. The third-order valence-corrected chi connectivity index (χ3v) is 5.75. The maximum Gasteiger partial charge on any atom is 0.257 e. The van der Waals surface area contributed by atoms with Gasteiger partial charge in [-0.05, 0) is 42.3 Å². The molecule has 2 aromatic heterocycles. The van der Waals surface area contributed by atoms with E-state index in [0.29, 0.717) is 23.2 Å². The van der Waals surface area contributed by atoms with Crippen molar-refractivity contribution in [2.75, 3.05) is 5.32 Å². The van der Waals surface area contributed by atoms with Crippen LogP contribution in [-0.4, -0.2) is 44.1 Å². The minimum Gasteiger partial charge on any atom is -0.336 e. The Morgan fingerprint density at radius 3 is 2.84 bits per heavy atom. The number of carbonyl (C=O) groups is 4. The summed E-state index contributed by atoms with van der Waals surface area (Å²) in [5.74, 6) is -1.32. The van der Waals surface area contributed by atoms with E-state index < -0.39 is 11.9 Å². The molecule has 2 aliphatic heterocycles. The van der Waals surface area contributed by atoms with Crippen LogP contribution < -0.4 is 10.6 Å². The van der Waals surface area contributed by atoms with Gasteiger partial charge in [0.05, 0.1) is 5.56 Å². The fourth-order valence-corrected chi connectivity index (χ4v) is 4.13. The van der Waals surface area contributed by atoms with Gasteiger partial charge in [-0.3, -0.25) is 24.5 Å². The summed E-state index contributed by atoms with van der Waals surface area (Å²) in [7, 11) is 1.89. The van der Waals surface area contributed by atoms with Gasteiger partial charge in [0.15, 0.2) is 0 Å². The van der Waals surface area contributed by atoms with Crippen molar-refractivity contribution in [2.45, 2.75) is 25.4 Å². The predicted molar refractivity (Wildman–Crippen MR) is 111 cm³/mol. The van der Waals surface area contributed by atoms with E-state index in [4.69, 9.17) is 0 Å². The monoisotopic (exact) mass is 417 g/mol. The molecule has 4 heterocycles. The number of aryl methyl sites for hydroxylation is 1. The second-order valence-corrected chi connectivity index (χ2v) is 7.79. The summed E-state index contributed by atoms with van der Waals surface area (Å²) in [6.45, 7) is 0.252. The first kappa shape index (κ1) is 19.0. The number of hydrogen-bond donors (Lipinski definition) is 2. The highest BCUT2D eigenvalue weighted by Gasteiger charge is 2.39. The van der Waals surface area contributed by atoms with E-state index in [-0.39, 0.29) is 30.7 Å². The zero-order valence-corrected chi connectivity index (χ0v) is 16.7. The lowest BCUT2D eigenvalue weighted by Crippen LogP contribution is -2.52. The Hall–Kier alpha value is -4.01. The molecule has 1 unspecified atom stereocenters. The van der Waals surface area contributed by atoms with Crippen LogP contribution >= 0.6 is 0 Å². The van der Waals surface area contributed by atoms with Crippen LogP contribution in [-0.2, 0) is 23.2 Å². The first-order chi connectivity index (χ1) is 14.9. The van der Waals surface area contributed by atoms with Crippen LogP contribution in [0.4, 0.5) is 5.69 Å². The van der Waals surface area contributed by atoms with Crippen LogP contribution in [0.15, 0.2) is 42.7 Å². The van der Waals surface area contributed by atoms with Crippen molar-refractivity contribution < 1.29 is 19.2 Å². The first-order valence-electron chi connectivity index (χ1n) is 9.91. The quantitative estimate of drug-likeness (QED) is 0.629. The Bertz CT molecular complexity index is 1280. The largest absolute Gasteiger partial charge is 0.336 e. The summed E-state index contributed by atoms with van der Waals surface area (Å²) >= 11 is 0. The van der Waals surface area contributed by atoms with E-state index in [1.54, 1.807) is 24.3 Å². The third kappa shape index (κ3) is 3.24. The Labute approximate surface area is 177 Å². The van der Waals surface area contributed by atoms with Gasteiger partial charge in [-0.15, -0.1) is 0 Å². The molecule has 31 heavy (non-hydrogen) atoms. The number of amides is 4. The van der Waals surface area contributed by atoms with E-state index in [1.165, 1.54) is 11.1 Å². The number of nitrogens with zero attached hydrogens (tertiary/aromatic N) is 3. The van der Waals surface area contributed by atoms with Gasteiger partial charge in [0.2, 0.25) is 11.8 Å². The van der Waals surface area contributed by atoms with Gasteiger partial charge in [-0.1, -0.05) is 0 Å². The minimum atomic E-state index is -0.667. The Balaban J connectivity index is 1.34. The average Bonchev–Trinajstić information content (AvgIpc) is 3.27. The fraction of sp³-hybridized carbons (Fsp3) is 0.227. The Morgan fingerprint density at radius 1 is 1.19 bits per heavy atom. The number of nitrogens with one attached hydrogen (secondary N) is 2. The van der Waals surface area contributed by atoms with Crippen molar-refractivity contribution in [1.29, 1.82) is 0 Å². The average molecular weight is 417 g/mol. The van der Waals surface area contributed by atoms with Gasteiger partial charge in [0.25, 0.3) is 11.8 Å². The lowest BCUT2D eigenvalue weighted by atomic mass is 10.0. The molecule has 2 N–H and O–H groups in total. The number of anilines is 1. The summed E-state index contributed by atoms with van der Waals surface area (Å²) in [5.41, 5.74) is 3.00. The van der Waals surface area contributed by atoms with E-state index in [2.05, 4.69) is 15.6 Å². The molecule has 2 aliphatic rings. The summed E-state index contributed by atoms with van der Waals surface area (Å²) in [6.07, 6.45) is 3.92. The highest BCUT2D eigenvalue weighted by molar-refractivity contribution is 6.07. The van der Waals surface area contributed by atoms with Crippen LogP contribution in [0.1, 0.15) is 39.1 Å². The molecule has 1 saturated heterocycles. The van der Waals surface area contributed by atoms with Crippen LogP contribution in [0.5, 0.6) is 0 Å². The van der Waals surface area contributed by atoms with Gasteiger partial charge >= 0.3 is 0 Å². The molecule has 0 aliphatic carbocycles. The molecule has 0 saturated carbocycles. The molecule has 0 bridgehead atoms. The molecule has 1 fully saturated rings. The smallest absolute Gasteiger partial charge is 0.257 e. The van der Waals surface area contributed by atoms with Crippen LogP contribution in [0, 0.1) is 0 Å². The number of imide groups is 1. The number of benzene rings is 1. The molecule has 0 radical (unpaired) electrons. The topological polar surface area (TPSA) is 113 Å². The van der Waals surface area contributed by atoms with Gasteiger partial charge in [-0.25, -0.2) is 4.98 Å². The molecule has 9 nitrogen and oxygen atoms in total. The van der Waals surface area contributed by atoms with Crippen LogP contribution in [0.3, 0.4) is 0 Å². The third-order valence-electron chi connectivity index (χ3n) is 5.75. The second-order valence-electron chi connectivity index (χ2n) is 7.79. The van der Waals surface area contributed by atoms with Crippen molar-refractivity contribution in [3.63, 3.8) is 0 Å². The number of aromatic nitrogens is 2. The van der Waals surface area contributed by atoms with Crippen molar-refractivity contribution in [2.24, 2.45) is 7.05 Å². The standard InChI is InChI=1S/C22H19N5O4/c1-26-7-6-12-8-13(10-23-19(12)26)20(29)24-15-2-3-16-14(9-15)11-27(22(16)31)17-4-5-18(28)25-21(17)30/h2-3,6-10,17H,4-5,11H2,1H3,(H,24,29)(H,25,28,30). The van der Waals surface area contributed by atoms with Gasteiger partial charge in [0.1, 0.15) is 11.7 Å². The Kier molecular flexibility index (Phi) is 4.32. The minimum absolute atomic E-state index is 0.206. The fourth-order valence-electron chi connectivity index (χ4n) is 4.13. The summed E-state index contributed by atoms with van der Waals surface area (Å²) in [5, 5.41) is 6.00. The molecule has 0 spiro atoms. The lowest BCUT2D eigenvalue weighted by Gasteiger charge is -2.29. The number of rotatable bonds is 3. The molecule has 9 heteroatoms. The van der Waals surface area contributed by atoms with Crippen molar-refractivity contribution >= 4 is 40.3 Å². The molecular weight excluding hydrogens is 398 g/mol. The van der Waals surface area contributed by atoms with E-state index in [0.717, 1.165) is 16.6 Å². The number of fused-ring (bicyclic) bond motifs is 2. The molecule has 5 rings (SSSR count). The summed E-state index contributed by atoms with van der Waals surface area (Å²) in [6, 6.07) is 8.06. The zero-order valence-electron chi connectivity index (χ0n) is 16.7. The highest BCUT2D eigenvalue weighted by atomic mass is 16.2. The molecule has 1 atom stereocenters. The van der Waals surface area contributed by atoms with E-state index in [9.17, 15) is 19.2 Å². The number of hydrogen-bond acceptors (Lipinski definition) is 5. The van der Waals surface area contributed by atoms with E-state index in [1.807, 2.05) is 23.9 Å². The molecule has 156 valence electrons. The maximum atomic E-state index is 12.8. The Morgan fingerprint density at radius 2 is 2.03 bits per heavy atom.